The van der Waals surface area contributed by atoms with Gasteiger partial charge in [0.2, 0.25) is 0 Å². The van der Waals surface area contributed by atoms with Crippen LogP contribution in [0, 0.1) is 0 Å². The second-order valence-electron chi connectivity index (χ2n) is 4.43. The van der Waals surface area contributed by atoms with E-state index in [-0.39, 0.29) is 0 Å². The summed E-state index contributed by atoms with van der Waals surface area (Å²) in [5.41, 5.74) is 1.25. The van der Waals surface area contributed by atoms with E-state index in [0.29, 0.717) is 18.8 Å². The summed E-state index contributed by atoms with van der Waals surface area (Å²) in [6.45, 7) is 5.12. The summed E-state index contributed by atoms with van der Waals surface area (Å²) in [6, 6.07) is 10.8. The van der Waals surface area contributed by atoms with Gasteiger partial charge in [0.15, 0.2) is 0 Å². The van der Waals surface area contributed by atoms with Gasteiger partial charge in [-0.15, -0.1) is 0 Å². The van der Waals surface area contributed by atoms with Gasteiger partial charge in [-0.2, -0.15) is 0 Å². The van der Waals surface area contributed by atoms with Gasteiger partial charge in [-0.05, 0) is 25.5 Å². The maximum absolute atomic E-state index is 6.02. The first-order chi connectivity index (χ1) is 8.31. The predicted octanol–water partition coefficient (Wildman–Crippen LogP) is 3.37. The molecule has 2 atom stereocenters. The van der Waals surface area contributed by atoms with Crippen LogP contribution in [0.4, 0.5) is 0 Å². The largest absolute Gasteiger partial charge is 0.372 e. The number of rotatable bonds is 8. The Hall–Kier alpha value is -0.860. The first-order valence-corrected chi connectivity index (χ1v) is 6.64. The van der Waals surface area contributed by atoms with E-state index < -0.39 is 0 Å². The van der Waals surface area contributed by atoms with Crippen molar-refractivity contribution in [3.63, 3.8) is 0 Å². The number of likely N-dealkylation sites (N-methyl/N-ethyl adjacent to an activating group) is 1. The Morgan fingerprint density at radius 1 is 1.18 bits per heavy atom. The maximum Gasteiger partial charge on any atom is 0.0729 e. The molecule has 96 valence electrons. The van der Waals surface area contributed by atoms with Crippen LogP contribution in [0.15, 0.2) is 30.3 Å². The van der Waals surface area contributed by atoms with Crippen LogP contribution >= 0.6 is 0 Å². The lowest BCUT2D eigenvalue weighted by atomic mass is 10.0. The molecular weight excluding hydrogens is 210 g/mol. The highest BCUT2D eigenvalue weighted by atomic mass is 16.5. The molecule has 0 aromatic heterocycles. The van der Waals surface area contributed by atoms with E-state index in [1.807, 2.05) is 13.1 Å². The van der Waals surface area contributed by atoms with Crippen LogP contribution in [0.1, 0.15) is 38.7 Å². The Balaban J connectivity index is 2.46. The standard InChI is InChI=1S/C15H25NO/c1-4-9-14(16-3)15(5-2)17-12-13-10-7-6-8-11-13/h6-8,10-11,14-16H,4-5,9,12H2,1-3H3. The Morgan fingerprint density at radius 3 is 2.41 bits per heavy atom. The Morgan fingerprint density at radius 2 is 1.88 bits per heavy atom. The van der Waals surface area contributed by atoms with Gasteiger partial charge in [-0.25, -0.2) is 0 Å². The van der Waals surface area contributed by atoms with Gasteiger partial charge >= 0.3 is 0 Å². The summed E-state index contributed by atoms with van der Waals surface area (Å²) in [5.74, 6) is 0. The van der Waals surface area contributed by atoms with Crippen LogP contribution in [0.2, 0.25) is 0 Å². The van der Waals surface area contributed by atoms with Gasteiger partial charge in [0.1, 0.15) is 0 Å². The summed E-state index contributed by atoms with van der Waals surface area (Å²) >= 11 is 0. The van der Waals surface area contributed by atoms with E-state index in [1.54, 1.807) is 0 Å². The minimum absolute atomic E-state index is 0.306. The van der Waals surface area contributed by atoms with Crippen LogP contribution in [-0.4, -0.2) is 19.2 Å². The highest BCUT2D eigenvalue weighted by Crippen LogP contribution is 2.12. The molecule has 0 radical (unpaired) electrons. The highest BCUT2D eigenvalue weighted by Gasteiger charge is 2.17. The number of ether oxygens (including phenoxy) is 1. The van der Waals surface area contributed by atoms with Gasteiger partial charge in [-0.3, -0.25) is 0 Å². The SMILES string of the molecule is CCCC(NC)C(CC)OCc1ccccc1. The van der Waals surface area contributed by atoms with E-state index in [4.69, 9.17) is 4.74 Å². The maximum atomic E-state index is 6.02. The molecule has 0 heterocycles. The van der Waals surface area contributed by atoms with Crippen LogP contribution < -0.4 is 5.32 Å². The van der Waals surface area contributed by atoms with Gasteiger partial charge in [0, 0.05) is 6.04 Å². The number of nitrogens with one attached hydrogen (secondary N) is 1. The summed E-state index contributed by atoms with van der Waals surface area (Å²) in [6.07, 6.45) is 3.72. The van der Waals surface area contributed by atoms with Crippen LogP contribution in [-0.2, 0) is 11.3 Å². The van der Waals surface area contributed by atoms with Gasteiger partial charge < -0.3 is 10.1 Å². The van der Waals surface area contributed by atoms with Crippen molar-refractivity contribution >= 4 is 0 Å². The molecule has 1 aromatic rings. The smallest absolute Gasteiger partial charge is 0.0729 e. The van der Waals surface area contributed by atoms with E-state index in [2.05, 4.69) is 43.4 Å². The molecule has 2 heteroatoms. The number of benzene rings is 1. The summed E-state index contributed by atoms with van der Waals surface area (Å²) in [5, 5.41) is 3.37. The van der Waals surface area contributed by atoms with Crippen LogP contribution in [0.5, 0.6) is 0 Å². The topological polar surface area (TPSA) is 21.3 Å². The van der Waals surface area contributed by atoms with Crippen molar-refractivity contribution in [2.24, 2.45) is 0 Å². The molecular formula is C15H25NO. The van der Waals surface area contributed by atoms with Gasteiger partial charge in [0.05, 0.1) is 12.7 Å². The van der Waals surface area contributed by atoms with Crippen molar-refractivity contribution in [3.05, 3.63) is 35.9 Å². The van der Waals surface area contributed by atoms with E-state index in [0.717, 1.165) is 6.42 Å². The lowest BCUT2D eigenvalue weighted by Gasteiger charge is -2.26. The molecule has 0 aliphatic heterocycles. The monoisotopic (exact) mass is 235 g/mol. The minimum atomic E-state index is 0.306. The molecule has 2 nitrogen and oxygen atoms in total. The van der Waals surface area contributed by atoms with Crippen molar-refractivity contribution < 1.29 is 4.74 Å². The zero-order valence-electron chi connectivity index (χ0n) is 11.3. The molecule has 17 heavy (non-hydrogen) atoms. The summed E-state index contributed by atoms with van der Waals surface area (Å²) < 4.78 is 6.02. The summed E-state index contributed by atoms with van der Waals surface area (Å²) in [4.78, 5) is 0. The molecule has 0 saturated heterocycles. The van der Waals surface area contributed by atoms with Gasteiger partial charge in [0.25, 0.3) is 0 Å². The second-order valence-corrected chi connectivity index (χ2v) is 4.43. The average Bonchev–Trinajstić information content (AvgIpc) is 2.39. The van der Waals surface area contributed by atoms with Crippen molar-refractivity contribution in [1.82, 2.24) is 5.32 Å². The highest BCUT2D eigenvalue weighted by molar-refractivity contribution is 5.13. The lowest BCUT2D eigenvalue weighted by molar-refractivity contribution is 0.0119. The quantitative estimate of drug-likeness (QED) is 0.746. The summed E-state index contributed by atoms with van der Waals surface area (Å²) in [7, 11) is 2.02. The van der Waals surface area contributed by atoms with Crippen LogP contribution in [0.3, 0.4) is 0 Å². The van der Waals surface area contributed by atoms with Crippen molar-refractivity contribution in [3.8, 4) is 0 Å². The fraction of sp³-hybridized carbons (Fsp3) is 0.600. The molecule has 2 unspecified atom stereocenters. The van der Waals surface area contributed by atoms with Gasteiger partial charge in [-0.1, -0.05) is 50.6 Å². The zero-order valence-corrected chi connectivity index (χ0v) is 11.3. The molecule has 0 aliphatic rings. The first kappa shape index (κ1) is 14.2. The predicted molar refractivity (Wildman–Crippen MR) is 73.1 cm³/mol. The van der Waals surface area contributed by atoms with E-state index >= 15 is 0 Å². The molecule has 1 aromatic carbocycles. The Bertz CT molecular complexity index is 286. The molecule has 1 rings (SSSR count). The first-order valence-electron chi connectivity index (χ1n) is 6.64. The fourth-order valence-electron chi connectivity index (χ4n) is 2.12. The van der Waals surface area contributed by atoms with E-state index in [9.17, 15) is 0 Å². The van der Waals surface area contributed by atoms with Crippen LogP contribution in [0.25, 0.3) is 0 Å². The van der Waals surface area contributed by atoms with E-state index in [1.165, 1.54) is 18.4 Å². The fourth-order valence-corrected chi connectivity index (χ4v) is 2.12. The van der Waals surface area contributed by atoms with Crippen molar-refractivity contribution in [1.29, 1.82) is 0 Å². The molecule has 0 amide bonds. The van der Waals surface area contributed by atoms with Crippen molar-refractivity contribution in [2.75, 3.05) is 7.05 Å². The normalized spacial score (nSPS) is 14.5. The number of hydrogen-bond donors (Lipinski definition) is 1. The lowest BCUT2D eigenvalue weighted by Crippen LogP contribution is -2.38. The van der Waals surface area contributed by atoms with Crippen molar-refractivity contribution in [2.45, 2.75) is 51.9 Å². The zero-order chi connectivity index (χ0) is 12.5. The molecule has 1 N–H and O–H groups in total. The number of hydrogen-bond acceptors (Lipinski definition) is 2. The third kappa shape index (κ3) is 4.88. The third-order valence-electron chi connectivity index (χ3n) is 3.13. The Labute approximate surface area is 105 Å². The molecule has 0 fully saturated rings. The Kier molecular flexibility index (Phi) is 6.90. The third-order valence-corrected chi connectivity index (χ3v) is 3.13. The second kappa shape index (κ2) is 8.26. The molecule has 0 spiro atoms. The average molecular weight is 235 g/mol. The minimum Gasteiger partial charge on any atom is -0.372 e. The molecule has 0 saturated carbocycles. The molecule has 0 aliphatic carbocycles. The molecule has 0 bridgehead atoms.